The van der Waals surface area contributed by atoms with Gasteiger partial charge in [0, 0.05) is 43.2 Å². The molecule has 2 saturated heterocycles. The van der Waals surface area contributed by atoms with E-state index in [1.54, 1.807) is 9.80 Å². The van der Waals surface area contributed by atoms with Crippen LogP contribution in [-0.2, 0) is 15.8 Å². The van der Waals surface area contributed by atoms with Crippen molar-refractivity contribution in [1.82, 2.24) is 14.7 Å². The van der Waals surface area contributed by atoms with Crippen molar-refractivity contribution >= 4 is 24.0 Å². The molecule has 0 saturated carbocycles. The number of piperidine rings is 1. The van der Waals surface area contributed by atoms with Crippen molar-refractivity contribution in [2.75, 3.05) is 39.3 Å². The fourth-order valence-electron chi connectivity index (χ4n) is 6.95. The Morgan fingerprint density at radius 2 is 1.52 bits per heavy atom. The van der Waals surface area contributed by atoms with Crippen LogP contribution in [0, 0.1) is 0 Å². The van der Waals surface area contributed by atoms with Gasteiger partial charge >= 0.3 is 6.03 Å². The molecule has 2 fully saturated rings. The second kappa shape index (κ2) is 13.3. The Labute approximate surface area is 253 Å². The number of aliphatic hydroxyl groups is 1. The van der Waals surface area contributed by atoms with Gasteiger partial charge in [-0.2, -0.15) is 0 Å². The summed E-state index contributed by atoms with van der Waals surface area (Å²) in [5, 5.41) is 12.0. The predicted molar refractivity (Wildman–Crippen MR) is 166 cm³/mol. The van der Waals surface area contributed by atoms with Crippen LogP contribution in [0.5, 0.6) is 0 Å². The van der Waals surface area contributed by atoms with Gasteiger partial charge in [0.1, 0.15) is 0 Å². The van der Waals surface area contributed by atoms with Crippen LogP contribution in [0.3, 0.4) is 0 Å². The highest BCUT2D eigenvalue weighted by Crippen LogP contribution is 2.43. The molecule has 42 heavy (non-hydrogen) atoms. The van der Waals surface area contributed by atoms with Crippen molar-refractivity contribution < 1.29 is 14.7 Å². The lowest BCUT2D eigenvalue weighted by molar-refractivity contribution is -0.120. The number of hydrogen-bond donors (Lipinski definition) is 2. The number of hydrogen-bond acceptors (Lipinski definition) is 4. The number of benzene rings is 3. The van der Waals surface area contributed by atoms with Gasteiger partial charge in [-0.1, -0.05) is 84.4 Å². The van der Waals surface area contributed by atoms with Crippen molar-refractivity contribution in [3.8, 4) is 0 Å². The summed E-state index contributed by atoms with van der Waals surface area (Å²) in [4.78, 5) is 30.2. The second-order valence-electron chi connectivity index (χ2n) is 11.8. The van der Waals surface area contributed by atoms with Crippen molar-refractivity contribution in [2.45, 2.75) is 49.2 Å². The van der Waals surface area contributed by atoms with Gasteiger partial charge in [-0.3, -0.25) is 4.79 Å². The maximum Gasteiger partial charge on any atom is 0.315 e. The van der Waals surface area contributed by atoms with E-state index in [1.165, 1.54) is 11.1 Å². The number of urea groups is 1. The van der Waals surface area contributed by atoms with E-state index in [0.29, 0.717) is 43.9 Å². The number of nitrogens with two attached hydrogens (primary N) is 1. The molecule has 0 aromatic heterocycles. The first kappa shape index (κ1) is 30.1. The van der Waals surface area contributed by atoms with Gasteiger partial charge in [0.05, 0.1) is 11.6 Å². The number of halogens is 1. The Bertz CT molecular complexity index is 1270. The van der Waals surface area contributed by atoms with Crippen LogP contribution in [0.25, 0.3) is 0 Å². The molecule has 1 atom stereocenters. The number of nitrogens with zero attached hydrogens (tertiary/aromatic N) is 3. The molecule has 0 spiro atoms. The normalized spacial score (nSPS) is 19.4. The highest BCUT2D eigenvalue weighted by molar-refractivity contribution is 6.30. The quantitative estimate of drug-likeness (QED) is 0.326. The smallest absolute Gasteiger partial charge is 0.315 e. The summed E-state index contributed by atoms with van der Waals surface area (Å²) in [6.07, 6.45) is 4.68. The number of carbonyl (C=O) groups is 2. The Morgan fingerprint density at radius 3 is 2.07 bits per heavy atom. The zero-order chi connectivity index (χ0) is 29.6. The zero-order valence-corrected chi connectivity index (χ0v) is 24.8. The minimum absolute atomic E-state index is 0.203. The fraction of sp³-hybridized carbons (Fsp3) is 0.412. The molecule has 5 rings (SSSR count). The molecule has 7 nitrogen and oxygen atoms in total. The van der Waals surface area contributed by atoms with Gasteiger partial charge < -0.3 is 25.5 Å². The SMILES string of the molecule is NC(=O)N1CCN(C=O)CC1CC(CCCN1CCC(O)(c2ccc(Cl)cc2)CC1)(c1ccccc1)c1ccccc1. The molecule has 2 aliphatic rings. The van der Waals surface area contributed by atoms with Gasteiger partial charge in [-0.05, 0) is 67.5 Å². The predicted octanol–water partition coefficient (Wildman–Crippen LogP) is 5.00. The summed E-state index contributed by atoms with van der Waals surface area (Å²) in [5.74, 6) is 0. The lowest BCUT2D eigenvalue weighted by Gasteiger charge is -2.45. The van der Waals surface area contributed by atoms with E-state index >= 15 is 0 Å². The molecule has 3 amide bonds. The summed E-state index contributed by atoms with van der Waals surface area (Å²) in [6.45, 7) is 3.92. The Balaban J connectivity index is 1.37. The number of carbonyl (C=O) groups excluding carboxylic acids is 2. The van der Waals surface area contributed by atoms with Crippen LogP contribution >= 0.6 is 11.6 Å². The number of amides is 3. The van der Waals surface area contributed by atoms with Gasteiger partial charge in [-0.25, -0.2) is 4.79 Å². The minimum atomic E-state index is -0.831. The van der Waals surface area contributed by atoms with E-state index in [9.17, 15) is 14.7 Å². The van der Waals surface area contributed by atoms with Gasteiger partial charge in [-0.15, -0.1) is 0 Å². The lowest BCUT2D eigenvalue weighted by atomic mass is 9.67. The molecule has 3 aromatic rings. The molecule has 0 aliphatic carbocycles. The molecule has 3 N–H and O–H groups in total. The summed E-state index contributed by atoms with van der Waals surface area (Å²) in [6, 6.07) is 27.9. The van der Waals surface area contributed by atoms with E-state index in [4.69, 9.17) is 17.3 Å². The van der Waals surface area contributed by atoms with Crippen molar-refractivity contribution in [3.05, 3.63) is 107 Å². The van der Waals surface area contributed by atoms with Crippen LogP contribution < -0.4 is 5.73 Å². The fourth-order valence-corrected chi connectivity index (χ4v) is 7.08. The molecule has 2 aliphatic heterocycles. The molecular formula is C34H41ClN4O3. The number of likely N-dealkylation sites (tertiary alicyclic amines) is 1. The summed E-state index contributed by atoms with van der Waals surface area (Å²) < 4.78 is 0. The molecule has 8 heteroatoms. The third-order valence-electron chi connectivity index (χ3n) is 9.33. The lowest BCUT2D eigenvalue weighted by Crippen LogP contribution is -2.58. The van der Waals surface area contributed by atoms with E-state index < -0.39 is 11.6 Å². The van der Waals surface area contributed by atoms with E-state index in [2.05, 4.69) is 53.4 Å². The first-order valence-electron chi connectivity index (χ1n) is 14.9. The Hall–Kier alpha value is -3.39. The largest absolute Gasteiger partial charge is 0.385 e. The summed E-state index contributed by atoms with van der Waals surface area (Å²) in [5.41, 5.74) is 7.96. The van der Waals surface area contributed by atoms with Crippen LogP contribution in [0.15, 0.2) is 84.9 Å². The summed E-state index contributed by atoms with van der Waals surface area (Å²) >= 11 is 6.07. The Morgan fingerprint density at radius 1 is 0.929 bits per heavy atom. The topological polar surface area (TPSA) is 90.1 Å². The average molecular weight is 589 g/mol. The molecule has 3 aromatic carbocycles. The number of primary amides is 1. The van der Waals surface area contributed by atoms with Crippen LogP contribution in [-0.4, -0.2) is 77.6 Å². The first-order valence-corrected chi connectivity index (χ1v) is 15.3. The number of piperazine rings is 1. The number of rotatable bonds is 10. The van der Waals surface area contributed by atoms with Crippen LogP contribution in [0.2, 0.25) is 5.02 Å². The Kier molecular flexibility index (Phi) is 9.51. The highest BCUT2D eigenvalue weighted by Gasteiger charge is 2.41. The van der Waals surface area contributed by atoms with Crippen molar-refractivity contribution in [1.29, 1.82) is 0 Å². The minimum Gasteiger partial charge on any atom is -0.385 e. The van der Waals surface area contributed by atoms with E-state index in [0.717, 1.165) is 44.4 Å². The van der Waals surface area contributed by atoms with Crippen molar-refractivity contribution in [3.63, 3.8) is 0 Å². The molecule has 222 valence electrons. The summed E-state index contributed by atoms with van der Waals surface area (Å²) in [7, 11) is 0. The third-order valence-corrected chi connectivity index (χ3v) is 9.58. The third kappa shape index (κ3) is 6.64. The molecule has 0 bridgehead atoms. The zero-order valence-electron chi connectivity index (χ0n) is 24.1. The van der Waals surface area contributed by atoms with Gasteiger partial charge in [0.2, 0.25) is 6.41 Å². The molecular weight excluding hydrogens is 548 g/mol. The monoisotopic (exact) mass is 588 g/mol. The average Bonchev–Trinajstić information content (AvgIpc) is 3.02. The van der Waals surface area contributed by atoms with Gasteiger partial charge in [0.15, 0.2) is 0 Å². The van der Waals surface area contributed by atoms with Crippen LogP contribution in [0.1, 0.15) is 48.8 Å². The van der Waals surface area contributed by atoms with E-state index in [1.807, 2.05) is 36.4 Å². The maximum absolute atomic E-state index is 12.5. The molecule has 1 unspecified atom stereocenters. The highest BCUT2D eigenvalue weighted by atomic mass is 35.5. The molecule has 2 heterocycles. The molecule has 0 radical (unpaired) electrons. The van der Waals surface area contributed by atoms with Gasteiger partial charge in [0.25, 0.3) is 0 Å². The standard InChI is InChI=1S/C34H41ClN4O3/c35-30-14-12-29(13-15-30)34(42)17-20-37(21-18-34)19-7-16-33(27-8-3-1-4-9-27,28-10-5-2-6-11-28)24-31-25-38(26-40)22-23-39(31)32(36)41/h1-6,8-15,26,31,42H,7,16-25H2,(H2,36,41). The maximum atomic E-state index is 12.5. The van der Waals surface area contributed by atoms with Crippen LogP contribution in [0.4, 0.5) is 4.79 Å². The second-order valence-corrected chi connectivity index (χ2v) is 12.2. The van der Waals surface area contributed by atoms with E-state index in [-0.39, 0.29) is 11.5 Å². The van der Waals surface area contributed by atoms with Crippen molar-refractivity contribution in [2.24, 2.45) is 5.73 Å². The first-order chi connectivity index (χ1) is 20.3.